The summed E-state index contributed by atoms with van der Waals surface area (Å²) in [5.41, 5.74) is 0.450. The van der Waals surface area contributed by atoms with E-state index in [0.29, 0.717) is 24.3 Å². The first kappa shape index (κ1) is 14.2. The van der Waals surface area contributed by atoms with Crippen LogP contribution in [0.2, 0.25) is 13.7 Å². The number of carbonyl (C=O) groups excluding carboxylic acids is 1. The molecular weight excluding hydrogens is 333 g/mol. The number of Topliss-reactive ketones (excluding diaryl/α,β-unsaturated/α-hetero) is 1. The molecule has 2 rings (SSSR count). The Morgan fingerprint density at radius 2 is 2.17 bits per heavy atom. The van der Waals surface area contributed by atoms with E-state index in [1.165, 1.54) is 23.1 Å². The van der Waals surface area contributed by atoms with Gasteiger partial charge in [0.1, 0.15) is 9.36 Å². The molecule has 0 aromatic carbocycles. The van der Waals surface area contributed by atoms with Crippen LogP contribution in [-0.2, 0) is 0 Å². The molecular formula is C11H6Cl3NOS2. The summed E-state index contributed by atoms with van der Waals surface area (Å²) in [6.45, 7) is 0. The van der Waals surface area contributed by atoms with Crippen molar-refractivity contribution in [2.24, 2.45) is 0 Å². The Kier molecular flexibility index (Phi) is 4.92. The first-order valence-corrected chi connectivity index (χ1v) is 7.73. The van der Waals surface area contributed by atoms with Gasteiger partial charge in [-0.3, -0.25) is 4.79 Å². The van der Waals surface area contributed by atoms with Crippen LogP contribution in [0.25, 0.3) is 0 Å². The Morgan fingerprint density at radius 3 is 2.78 bits per heavy atom. The Balaban J connectivity index is 2.05. The Labute approximate surface area is 127 Å². The molecule has 0 saturated carbocycles. The summed E-state index contributed by atoms with van der Waals surface area (Å²) in [5, 5.41) is 1.16. The van der Waals surface area contributed by atoms with Gasteiger partial charge in [0, 0.05) is 11.8 Å². The maximum absolute atomic E-state index is 11.9. The minimum atomic E-state index is -0.0881. The standard InChI is InChI=1S/C11H6Cl3NOS2/c12-7-2-1-3-15-11(7)17-5-8(16)6-4-9(13)18-10(6)14/h1-4H,5H2. The van der Waals surface area contributed by atoms with Crippen molar-refractivity contribution in [2.45, 2.75) is 5.03 Å². The topological polar surface area (TPSA) is 30.0 Å². The number of hydrogen-bond acceptors (Lipinski definition) is 4. The van der Waals surface area contributed by atoms with Gasteiger partial charge in [0.05, 0.1) is 15.1 Å². The molecule has 0 N–H and O–H groups in total. The molecule has 0 aliphatic rings. The van der Waals surface area contributed by atoms with Crippen molar-refractivity contribution in [2.75, 3.05) is 5.75 Å². The van der Waals surface area contributed by atoms with Gasteiger partial charge in [0.15, 0.2) is 5.78 Å². The van der Waals surface area contributed by atoms with Crippen molar-refractivity contribution in [1.29, 1.82) is 0 Å². The van der Waals surface area contributed by atoms with Gasteiger partial charge in [-0.15, -0.1) is 11.3 Å². The fraction of sp³-hybridized carbons (Fsp3) is 0.0909. The van der Waals surface area contributed by atoms with E-state index in [1.807, 2.05) is 0 Å². The highest BCUT2D eigenvalue weighted by Gasteiger charge is 2.15. The van der Waals surface area contributed by atoms with Crippen LogP contribution in [0.15, 0.2) is 29.4 Å². The molecule has 0 spiro atoms. The summed E-state index contributed by atoms with van der Waals surface area (Å²) >= 11 is 20.1. The maximum atomic E-state index is 11.9. The molecule has 0 amide bonds. The highest BCUT2D eigenvalue weighted by Crippen LogP contribution is 2.33. The molecule has 2 heterocycles. The lowest BCUT2D eigenvalue weighted by Crippen LogP contribution is -2.01. The van der Waals surface area contributed by atoms with E-state index in [9.17, 15) is 4.79 Å². The van der Waals surface area contributed by atoms with Crippen LogP contribution in [0.4, 0.5) is 0 Å². The fourth-order valence-corrected chi connectivity index (χ4v) is 3.77. The number of thiophene rings is 1. The van der Waals surface area contributed by atoms with Gasteiger partial charge in [0.25, 0.3) is 0 Å². The number of carbonyl (C=O) groups is 1. The van der Waals surface area contributed by atoms with Crippen molar-refractivity contribution in [3.8, 4) is 0 Å². The lowest BCUT2D eigenvalue weighted by molar-refractivity contribution is 0.102. The van der Waals surface area contributed by atoms with Gasteiger partial charge < -0.3 is 0 Å². The molecule has 18 heavy (non-hydrogen) atoms. The quantitative estimate of drug-likeness (QED) is 0.575. The number of ketones is 1. The number of aromatic nitrogens is 1. The Morgan fingerprint density at radius 1 is 1.39 bits per heavy atom. The van der Waals surface area contributed by atoms with Gasteiger partial charge in [0.2, 0.25) is 0 Å². The summed E-state index contributed by atoms with van der Waals surface area (Å²) in [6.07, 6.45) is 1.63. The predicted molar refractivity (Wildman–Crippen MR) is 78.6 cm³/mol. The highest BCUT2D eigenvalue weighted by atomic mass is 35.5. The molecule has 0 unspecified atom stereocenters. The first-order valence-electron chi connectivity index (χ1n) is 4.79. The van der Waals surface area contributed by atoms with Gasteiger partial charge in [-0.1, -0.05) is 46.6 Å². The molecule has 0 bridgehead atoms. The highest BCUT2D eigenvalue weighted by molar-refractivity contribution is 8.00. The summed E-state index contributed by atoms with van der Waals surface area (Å²) in [4.78, 5) is 16.0. The third kappa shape index (κ3) is 3.39. The van der Waals surface area contributed by atoms with Crippen LogP contribution in [0, 0.1) is 0 Å². The summed E-state index contributed by atoms with van der Waals surface area (Å²) in [5.74, 6) is 0.138. The van der Waals surface area contributed by atoms with Crippen LogP contribution < -0.4 is 0 Å². The minimum Gasteiger partial charge on any atom is -0.293 e. The smallest absolute Gasteiger partial charge is 0.175 e. The van der Waals surface area contributed by atoms with Gasteiger partial charge in [-0.25, -0.2) is 4.98 Å². The number of rotatable bonds is 4. The van der Waals surface area contributed by atoms with E-state index in [1.54, 1.807) is 24.4 Å². The average molecular weight is 339 g/mol. The third-order valence-electron chi connectivity index (χ3n) is 2.02. The number of hydrogen-bond donors (Lipinski definition) is 0. The van der Waals surface area contributed by atoms with Crippen LogP contribution in [0.3, 0.4) is 0 Å². The molecule has 0 atom stereocenters. The second-order valence-corrected chi connectivity index (χ2v) is 6.90. The molecule has 0 aliphatic heterocycles. The molecule has 0 fully saturated rings. The van der Waals surface area contributed by atoms with E-state index < -0.39 is 0 Å². The lowest BCUT2D eigenvalue weighted by Gasteiger charge is -2.01. The summed E-state index contributed by atoms with van der Waals surface area (Å²) in [7, 11) is 0. The summed E-state index contributed by atoms with van der Waals surface area (Å²) in [6, 6.07) is 5.05. The molecule has 2 aromatic rings. The molecule has 0 aliphatic carbocycles. The molecule has 0 saturated heterocycles. The monoisotopic (exact) mass is 337 g/mol. The van der Waals surface area contributed by atoms with Crippen LogP contribution in [0.1, 0.15) is 10.4 Å². The number of thioether (sulfide) groups is 1. The van der Waals surface area contributed by atoms with Crippen molar-refractivity contribution < 1.29 is 4.79 Å². The molecule has 94 valence electrons. The van der Waals surface area contributed by atoms with Crippen LogP contribution >= 0.6 is 57.9 Å². The first-order chi connectivity index (χ1) is 8.58. The zero-order chi connectivity index (χ0) is 13.1. The molecule has 7 heteroatoms. The van der Waals surface area contributed by atoms with Gasteiger partial charge in [-0.05, 0) is 18.2 Å². The van der Waals surface area contributed by atoms with Crippen molar-refractivity contribution in [3.05, 3.63) is 43.7 Å². The minimum absolute atomic E-state index is 0.0881. The number of pyridine rings is 1. The van der Waals surface area contributed by atoms with E-state index in [2.05, 4.69) is 4.98 Å². The SMILES string of the molecule is O=C(CSc1ncccc1Cl)c1cc(Cl)sc1Cl. The largest absolute Gasteiger partial charge is 0.293 e. The fourth-order valence-electron chi connectivity index (χ4n) is 1.22. The van der Waals surface area contributed by atoms with Crippen molar-refractivity contribution >= 4 is 63.7 Å². The maximum Gasteiger partial charge on any atom is 0.175 e. The summed E-state index contributed by atoms with van der Waals surface area (Å²) < 4.78 is 0.918. The van der Waals surface area contributed by atoms with E-state index in [-0.39, 0.29) is 11.5 Å². The zero-order valence-corrected chi connectivity index (χ0v) is 12.7. The number of nitrogens with zero attached hydrogens (tertiary/aromatic N) is 1. The Bertz CT molecular complexity index is 585. The van der Waals surface area contributed by atoms with Gasteiger partial charge in [-0.2, -0.15) is 0 Å². The lowest BCUT2D eigenvalue weighted by atomic mass is 10.2. The van der Waals surface area contributed by atoms with E-state index >= 15 is 0 Å². The Hall–Kier alpha value is -0.260. The second kappa shape index (κ2) is 6.26. The molecule has 2 aromatic heterocycles. The van der Waals surface area contributed by atoms with Crippen LogP contribution in [-0.4, -0.2) is 16.5 Å². The van der Waals surface area contributed by atoms with E-state index in [0.717, 1.165) is 0 Å². The van der Waals surface area contributed by atoms with Crippen LogP contribution in [0.5, 0.6) is 0 Å². The predicted octanol–water partition coefficient (Wildman–Crippen LogP) is 5.08. The zero-order valence-electron chi connectivity index (χ0n) is 8.82. The van der Waals surface area contributed by atoms with Crippen molar-refractivity contribution in [1.82, 2.24) is 4.98 Å². The molecule has 2 nitrogen and oxygen atoms in total. The molecule has 0 radical (unpaired) electrons. The normalized spacial score (nSPS) is 10.6. The van der Waals surface area contributed by atoms with Crippen molar-refractivity contribution in [3.63, 3.8) is 0 Å². The number of halogens is 3. The average Bonchev–Trinajstić information content (AvgIpc) is 2.67. The third-order valence-corrected chi connectivity index (χ3v) is 4.93. The second-order valence-electron chi connectivity index (χ2n) is 3.24. The van der Waals surface area contributed by atoms with Gasteiger partial charge >= 0.3 is 0 Å². The van der Waals surface area contributed by atoms with E-state index in [4.69, 9.17) is 34.8 Å².